The maximum atomic E-state index is 10.4. The molecule has 0 bridgehead atoms. The summed E-state index contributed by atoms with van der Waals surface area (Å²) >= 11 is 0. The molecule has 19 heavy (non-hydrogen) atoms. The SMILES string of the molecule is O=C(O)/C=C/C1C=CC(OCCCCCCO)=CC1. The third-order valence-corrected chi connectivity index (χ3v) is 2.91. The lowest BCUT2D eigenvalue weighted by atomic mass is 9.99. The van der Waals surface area contributed by atoms with Gasteiger partial charge in [0.1, 0.15) is 5.76 Å². The number of aliphatic hydroxyl groups is 1. The molecule has 0 aromatic carbocycles. The van der Waals surface area contributed by atoms with Crippen LogP contribution in [0.1, 0.15) is 32.1 Å². The predicted molar refractivity (Wildman–Crippen MR) is 73.6 cm³/mol. The Morgan fingerprint density at radius 1 is 1.37 bits per heavy atom. The third kappa shape index (κ3) is 7.47. The molecule has 1 atom stereocenters. The van der Waals surface area contributed by atoms with Crippen molar-refractivity contribution in [3.63, 3.8) is 0 Å². The molecule has 0 heterocycles. The summed E-state index contributed by atoms with van der Waals surface area (Å²) in [4.78, 5) is 10.4. The summed E-state index contributed by atoms with van der Waals surface area (Å²) in [7, 11) is 0. The van der Waals surface area contributed by atoms with Crippen LogP contribution < -0.4 is 0 Å². The van der Waals surface area contributed by atoms with E-state index in [-0.39, 0.29) is 12.5 Å². The number of aliphatic carboxylic acids is 1. The van der Waals surface area contributed by atoms with Crippen molar-refractivity contribution in [3.05, 3.63) is 36.1 Å². The van der Waals surface area contributed by atoms with Crippen molar-refractivity contribution in [2.24, 2.45) is 5.92 Å². The van der Waals surface area contributed by atoms with Crippen LogP contribution in [0.5, 0.6) is 0 Å². The fourth-order valence-corrected chi connectivity index (χ4v) is 1.83. The van der Waals surface area contributed by atoms with Crippen LogP contribution in [0.4, 0.5) is 0 Å². The van der Waals surface area contributed by atoms with Crippen LogP contribution in [0.3, 0.4) is 0 Å². The first-order valence-corrected chi connectivity index (χ1v) is 6.75. The topological polar surface area (TPSA) is 66.8 Å². The fourth-order valence-electron chi connectivity index (χ4n) is 1.83. The molecule has 1 aliphatic carbocycles. The Bertz CT molecular complexity index is 355. The maximum absolute atomic E-state index is 10.4. The molecule has 0 amide bonds. The van der Waals surface area contributed by atoms with Crippen LogP contribution >= 0.6 is 0 Å². The molecule has 0 fully saturated rings. The standard InChI is InChI=1S/C15H22O4/c16-11-3-1-2-4-12-19-14-8-5-13(6-9-14)7-10-15(17)18/h5,7-10,13,16H,1-4,6,11-12H2,(H,17,18)/b10-7+. The highest BCUT2D eigenvalue weighted by atomic mass is 16.5. The number of aliphatic hydroxyl groups excluding tert-OH is 1. The van der Waals surface area contributed by atoms with Crippen molar-refractivity contribution in [2.75, 3.05) is 13.2 Å². The van der Waals surface area contributed by atoms with E-state index in [1.165, 1.54) is 6.08 Å². The number of unbranched alkanes of at least 4 members (excludes halogenated alkanes) is 3. The lowest BCUT2D eigenvalue weighted by Gasteiger charge is -2.13. The van der Waals surface area contributed by atoms with Gasteiger partial charge in [-0.1, -0.05) is 18.6 Å². The zero-order chi connectivity index (χ0) is 13.9. The highest BCUT2D eigenvalue weighted by Gasteiger charge is 2.06. The minimum absolute atomic E-state index is 0.146. The van der Waals surface area contributed by atoms with Crippen LogP contribution in [0.15, 0.2) is 36.1 Å². The molecule has 2 N–H and O–H groups in total. The van der Waals surface area contributed by atoms with Gasteiger partial charge in [-0.3, -0.25) is 0 Å². The van der Waals surface area contributed by atoms with Crippen molar-refractivity contribution in [1.29, 1.82) is 0 Å². The van der Waals surface area contributed by atoms with E-state index in [9.17, 15) is 4.79 Å². The van der Waals surface area contributed by atoms with E-state index in [4.69, 9.17) is 14.9 Å². The zero-order valence-corrected chi connectivity index (χ0v) is 11.1. The molecule has 0 aromatic rings. The Morgan fingerprint density at radius 2 is 2.16 bits per heavy atom. The summed E-state index contributed by atoms with van der Waals surface area (Å²) in [6, 6.07) is 0. The van der Waals surface area contributed by atoms with Crippen molar-refractivity contribution < 1.29 is 19.7 Å². The van der Waals surface area contributed by atoms with Gasteiger partial charge in [-0.15, -0.1) is 0 Å². The summed E-state index contributed by atoms with van der Waals surface area (Å²) in [5.74, 6) is 0.0949. The van der Waals surface area contributed by atoms with Gasteiger partial charge in [0.25, 0.3) is 0 Å². The molecule has 4 heteroatoms. The largest absolute Gasteiger partial charge is 0.494 e. The van der Waals surface area contributed by atoms with Gasteiger partial charge < -0.3 is 14.9 Å². The van der Waals surface area contributed by atoms with E-state index in [1.54, 1.807) is 6.08 Å². The Labute approximate surface area is 114 Å². The first-order chi connectivity index (χ1) is 9.22. The fraction of sp³-hybridized carbons (Fsp3) is 0.533. The summed E-state index contributed by atoms with van der Waals surface area (Å²) < 4.78 is 5.61. The molecule has 0 aliphatic heterocycles. The summed E-state index contributed by atoms with van der Waals surface area (Å²) in [6.07, 6.45) is 13.4. The lowest BCUT2D eigenvalue weighted by Crippen LogP contribution is -2.01. The predicted octanol–water partition coefficient (Wildman–Crippen LogP) is 2.66. The summed E-state index contributed by atoms with van der Waals surface area (Å²) in [6.45, 7) is 0.956. The first kappa shape index (κ1) is 15.5. The third-order valence-electron chi connectivity index (χ3n) is 2.91. The van der Waals surface area contributed by atoms with Gasteiger partial charge >= 0.3 is 5.97 Å². The number of carboxylic acid groups (broad SMARTS) is 1. The molecule has 0 spiro atoms. The first-order valence-electron chi connectivity index (χ1n) is 6.75. The van der Waals surface area contributed by atoms with E-state index in [0.29, 0.717) is 6.61 Å². The molecule has 106 valence electrons. The highest BCUT2D eigenvalue weighted by Crippen LogP contribution is 2.18. The number of carboxylic acids is 1. The van der Waals surface area contributed by atoms with Crippen LogP contribution in [0, 0.1) is 5.92 Å². The monoisotopic (exact) mass is 266 g/mol. The number of rotatable bonds is 9. The van der Waals surface area contributed by atoms with Gasteiger partial charge in [-0.25, -0.2) is 4.79 Å². The second-order valence-electron chi connectivity index (χ2n) is 4.55. The number of carbonyl (C=O) groups is 1. The normalized spacial score (nSPS) is 18.6. The maximum Gasteiger partial charge on any atom is 0.327 e. The van der Waals surface area contributed by atoms with Crippen LogP contribution in [-0.2, 0) is 9.53 Å². The molecule has 0 saturated heterocycles. The molecular formula is C15H22O4. The van der Waals surface area contributed by atoms with Crippen molar-refractivity contribution >= 4 is 5.97 Å². The molecule has 4 nitrogen and oxygen atoms in total. The zero-order valence-electron chi connectivity index (χ0n) is 11.1. The molecule has 1 rings (SSSR count). The smallest absolute Gasteiger partial charge is 0.327 e. The van der Waals surface area contributed by atoms with Crippen LogP contribution in [0.25, 0.3) is 0 Å². The van der Waals surface area contributed by atoms with E-state index >= 15 is 0 Å². The van der Waals surface area contributed by atoms with E-state index < -0.39 is 5.97 Å². The number of ether oxygens (including phenoxy) is 1. The van der Waals surface area contributed by atoms with Crippen LogP contribution in [-0.4, -0.2) is 29.4 Å². The number of hydrogen-bond acceptors (Lipinski definition) is 3. The molecule has 0 saturated carbocycles. The molecule has 0 radical (unpaired) electrons. The van der Waals surface area contributed by atoms with Gasteiger partial charge in [-0.2, -0.15) is 0 Å². The van der Waals surface area contributed by atoms with Crippen molar-refractivity contribution in [2.45, 2.75) is 32.1 Å². The Hall–Kier alpha value is -1.55. The van der Waals surface area contributed by atoms with Gasteiger partial charge in [0.15, 0.2) is 0 Å². The molecule has 1 aliphatic rings. The van der Waals surface area contributed by atoms with E-state index in [1.807, 2.05) is 18.2 Å². The highest BCUT2D eigenvalue weighted by molar-refractivity contribution is 5.79. The van der Waals surface area contributed by atoms with Gasteiger partial charge in [0.05, 0.1) is 6.61 Å². The molecule has 1 unspecified atom stereocenters. The minimum Gasteiger partial charge on any atom is -0.494 e. The van der Waals surface area contributed by atoms with Crippen molar-refractivity contribution in [1.82, 2.24) is 0 Å². The van der Waals surface area contributed by atoms with Gasteiger partial charge in [0, 0.05) is 12.7 Å². The van der Waals surface area contributed by atoms with E-state index in [2.05, 4.69) is 0 Å². The molecular weight excluding hydrogens is 244 g/mol. The quantitative estimate of drug-likeness (QED) is 0.497. The minimum atomic E-state index is -0.915. The number of allylic oxidation sites excluding steroid dienone is 4. The second kappa shape index (κ2) is 9.39. The Kier molecular flexibility index (Phi) is 7.66. The molecule has 0 aromatic heterocycles. The second-order valence-corrected chi connectivity index (χ2v) is 4.55. The Morgan fingerprint density at radius 3 is 2.79 bits per heavy atom. The van der Waals surface area contributed by atoms with Crippen molar-refractivity contribution in [3.8, 4) is 0 Å². The average molecular weight is 266 g/mol. The summed E-state index contributed by atoms with van der Waals surface area (Å²) in [5, 5.41) is 17.2. The van der Waals surface area contributed by atoms with Gasteiger partial charge in [-0.05, 0) is 43.8 Å². The van der Waals surface area contributed by atoms with E-state index in [0.717, 1.165) is 37.9 Å². The average Bonchev–Trinajstić information content (AvgIpc) is 2.41. The Balaban J connectivity index is 2.14. The van der Waals surface area contributed by atoms with Gasteiger partial charge in [0.2, 0.25) is 0 Å². The van der Waals surface area contributed by atoms with Crippen LogP contribution in [0.2, 0.25) is 0 Å². The summed E-state index contributed by atoms with van der Waals surface area (Å²) in [5.41, 5.74) is 0. The lowest BCUT2D eigenvalue weighted by molar-refractivity contribution is -0.131. The number of hydrogen-bond donors (Lipinski definition) is 2.